The minimum absolute atomic E-state index is 0.101. The highest BCUT2D eigenvalue weighted by molar-refractivity contribution is 7.19. The van der Waals surface area contributed by atoms with Crippen LogP contribution in [-0.2, 0) is 0 Å². The minimum Gasteiger partial charge on any atom is -0.497 e. The average Bonchev–Trinajstić information content (AvgIpc) is 3.39. The summed E-state index contributed by atoms with van der Waals surface area (Å²) >= 11 is 1.48. The van der Waals surface area contributed by atoms with Gasteiger partial charge in [0, 0.05) is 49.3 Å². The molecule has 0 N–H and O–H groups in total. The van der Waals surface area contributed by atoms with E-state index in [4.69, 9.17) is 9.72 Å². The monoisotopic (exact) mass is 432 g/mol. The second-order valence-electron chi connectivity index (χ2n) is 7.64. The van der Waals surface area contributed by atoms with Gasteiger partial charge in [-0.2, -0.15) is 0 Å². The first kappa shape index (κ1) is 19.6. The molecular formula is C24H24N4O2S. The van der Waals surface area contributed by atoms with Crippen molar-refractivity contribution in [2.75, 3.05) is 38.2 Å². The van der Waals surface area contributed by atoms with Crippen LogP contribution in [0.2, 0.25) is 0 Å². The molecule has 0 aliphatic carbocycles. The van der Waals surface area contributed by atoms with Gasteiger partial charge in [-0.3, -0.25) is 9.20 Å². The van der Waals surface area contributed by atoms with Crippen molar-refractivity contribution in [2.24, 2.45) is 0 Å². The van der Waals surface area contributed by atoms with E-state index >= 15 is 0 Å². The molecule has 2 aromatic carbocycles. The maximum atomic E-state index is 13.2. The van der Waals surface area contributed by atoms with Gasteiger partial charge in [0.15, 0.2) is 4.96 Å². The molecule has 0 atom stereocenters. The number of carbonyl (C=O) groups excluding carboxylic acids is 1. The van der Waals surface area contributed by atoms with E-state index in [9.17, 15) is 4.79 Å². The Kier molecular flexibility index (Phi) is 5.11. The summed E-state index contributed by atoms with van der Waals surface area (Å²) in [6.07, 6.45) is 2.02. The Morgan fingerprint density at radius 3 is 2.35 bits per heavy atom. The second-order valence-corrected chi connectivity index (χ2v) is 8.62. The lowest BCUT2D eigenvalue weighted by atomic mass is 10.2. The van der Waals surface area contributed by atoms with Crippen molar-refractivity contribution in [2.45, 2.75) is 6.92 Å². The van der Waals surface area contributed by atoms with E-state index in [1.165, 1.54) is 11.3 Å². The first-order chi connectivity index (χ1) is 15.1. The van der Waals surface area contributed by atoms with Gasteiger partial charge in [-0.25, -0.2) is 4.98 Å². The molecule has 158 valence electrons. The zero-order valence-electron chi connectivity index (χ0n) is 17.6. The number of carbonyl (C=O) groups is 1. The van der Waals surface area contributed by atoms with Crippen LogP contribution < -0.4 is 9.64 Å². The van der Waals surface area contributed by atoms with Crippen molar-refractivity contribution in [1.82, 2.24) is 14.3 Å². The molecule has 31 heavy (non-hydrogen) atoms. The van der Waals surface area contributed by atoms with Crippen molar-refractivity contribution < 1.29 is 9.53 Å². The van der Waals surface area contributed by atoms with Crippen LogP contribution in [0.4, 0.5) is 5.69 Å². The Hall–Kier alpha value is -3.32. The van der Waals surface area contributed by atoms with Gasteiger partial charge >= 0.3 is 0 Å². The Morgan fingerprint density at radius 1 is 1.00 bits per heavy atom. The number of fused-ring (bicyclic) bond motifs is 1. The molecule has 1 aliphatic rings. The highest BCUT2D eigenvalue weighted by Crippen LogP contribution is 2.28. The van der Waals surface area contributed by atoms with Crippen LogP contribution in [0, 0.1) is 6.92 Å². The normalized spacial score (nSPS) is 14.3. The number of amides is 1. The molecule has 0 bridgehead atoms. The molecule has 2 aromatic heterocycles. The standard InChI is InChI=1S/C24H24N4O2S/c1-17-22(31-24-25-21(16-28(17)24)18-6-4-3-5-7-18)23(29)27-14-12-26(13-15-27)19-8-10-20(30-2)11-9-19/h3-11,16H,12-15H2,1-2H3. The smallest absolute Gasteiger partial charge is 0.265 e. The molecule has 5 rings (SSSR count). The summed E-state index contributed by atoms with van der Waals surface area (Å²) in [5, 5.41) is 0. The molecule has 0 unspecified atom stereocenters. The van der Waals surface area contributed by atoms with Gasteiger partial charge in [-0.1, -0.05) is 41.7 Å². The van der Waals surface area contributed by atoms with Crippen LogP contribution >= 0.6 is 11.3 Å². The number of thiazole rings is 1. The summed E-state index contributed by atoms with van der Waals surface area (Å²) in [5.74, 6) is 0.954. The van der Waals surface area contributed by atoms with Gasteiger partial charge < -0.3 is 14.5 Å². The maximum absolute atomic E-state index is 13.2. The number of benzene rings is 2. The van der Waals surface area contributed by atoms with Gasteiger partial charge in [0.25, 0.3) is 5.91 Å². The third kappa shape index (κ3) is 3.65. The fourth-order valence-electron chi connectivity index (χ4n) is 4.00. The number of rotatable bonds is 4. The van der Waals surface area contributed by atoms with Crippen LogP contribution in [0.15, 0.2) is 60.8 Å². The molecule has 4 aromatic rings. The highest BCUT2D eigenvalue weighted by atomic mass is 32.1. The number of ether oxygens (including phenoxy) is 1. The van der Waals surface area contributed by atoms with E-state index in [2.05, 4.69) is 29.2 Å². The van der Waals surface area contributed by atoms with Crippen molar-refractivity contribution in [3.63, 3.8) is 0 Å². The van der Waals surface area contributed by atoms with Crippen LogP contribution in [0.5, 0.6) is 5.75 Å². The first-order valence-corrected chi connectivity index (χ1v) is 11.2. The number of aromatic nitrogens is 2. The third-order valence-electron chi connectivity index (χ3n) is 5.83. The molecular weight excluding hydrogens is 408 g/mol. The third-order valence-corrected chi connectivity index (χ3v) is 6.97. The van der Waals surface area contributed by atoms with Crippen molar-refractivity contribution in [3.8, 4) is 17.0 Å². The summed E-state index contributed by atoms with van der Waals surface area (Å²) in [6, 6.07) is 18.2. The quantitative estimate of drug-likeness (QED) is 0.481. The number of methoxy groups -OCH3 is 1. The van der Waals surface area contributed by atoms with Crippen molar-refractivity contribution >= 4 is 27.9 Å². The number of imidazole rings is 1. The van der Waals surface area contributed by atoms with Crippen LogP contribution in [0.25, 0.3) is 16.2 Å². The SMILES string of the molecule is COc1ccc(N2CCN(C(=O)c3sc4nc(-c5ccccc5)cn4c3C)CC2)cc1. The Bertz CT molecular complexity index is 1210. The van der Waals surface area contributed by atoms with E-state index in [1.807, 2.05) is 52.8 Å². The number of aryl methyl sites for hydroxylation is 1. The zero-order valence-corrected chi connectivity index (χ0v) is 18.4. The average molecular weight is 433 g/mol. The van der Waals surface area contributed by atoms with Crippen LogP contribution in [-0.4, -0.2) is 53.5 Å². The van der Waals surface area contributed by atoms with E-state index in [0.29, 0.717) is 13.1 Å². The van der Waals surface area contributed by atoms with Crippen LogP contribution in [0.3, 0.4) is 0 Å². The summed E-state index contributed by atoms with van der Waals surface area (Å²) in [5.41, 5.74) is 4.13. The largest absolute Gasteiger partial charge is 0.497 e. The number of nitrogens with zero attached hydrogens (tertiary/aromatic N) is 4. The summed E-state index contributed by atoms with van der Waals surface area (Å²) < 4.78 is 7.27. The lowest BCUT2D eigenvalue weighted by Gasteiger charge is -2.36. The molecule has 1 aliphatic heterocycles. The first-order valence-electron chi connectivity index (χ1n) is 10.4. The maximum Gasteiger partial charge on any atom is 0.265 e. The predicted octanol–water partition coefficient (Wildman–Crippen LogP) is 4.34. The topological polar surface area (TPSA) is 50.1 Å². The van der Waals surface area contributed by atoms with Gasteiger partial charge in [0.1, 0.15) is 10.6 Å². The molecule has 3 heterocycles. The number of anilines is 1. The number of hydrogen-bond acceptors (Lipinski definition) is 5. The molecule has 0 saturated carbocycles. The van der Waals surface area contributed by atoms with Crippen molar-refractivity contribution in [1.29, 1.82) is 0 Å². The van der Waals surface area contributed by atoms with Crippen LogP contribution in [0.1, 0.15) is 15.4 Å². The molecule has 0 spiro atoms. The van der Waals surface area contributed by atoms with E-state index < -0.39 is 0 Å². The summed E-state index contributed by atoms with van der Waals surface area (Å²) in [7, 11) is 1.67. The fraction of sp³-hybridized carbons (Fsp3) is 0.250. The number of piperazine rings is 1. The second kappa shape index (κ2) is 8.07. The highest BCUT2D eigenvalue weighted by Gasteiger charge is 2.26. The molecule has 6 nitrogen and oxygen atoms in total. The van der Waals surface area contributed by atoms with Gasteiger partial charge in [0.2, 0.25) is 0 Å². The summed E-state index contributed by atoms with van der Waals surface area (Å²) in [6.45, 7) is 5.05. The zero-order chi connectivity index (χ0) is 21.4. The predicted molar refractivity (Wildman–Crippen MR) is 124 cm³/mol. The molecule has 1 saturated heterocycles. The Labute approximate surface area is 185 Å². The molecule has 1 fully saturated rings. The lowest BCUT2D eigenvalue weighted by molar-refractivity contribution is 0.0750. The van der Waals surface area contributed by atoms with Crippen molar-refractivity contribution in [3.05, 3.63) is 71.4 Å². The van der Waals surface area contributed by atoms with E-state index in [0.717, 1.165) is 51.3 Å². The van der Waals surface area contributed by atoms with Gasteiger partial charge in [0.05, 0.1) is 12.8 Å². The van der Waals surface area contributed by atoms with E-state index in [-0.39, 0.29) is 5.91 Å². The Morgan fingerprint density at radius 2 is 1.71 bits per heavy atom. The Balaban J connectivity index is 1.30. The lowest BCUT2D eigenvalue weighted by Crippen LogP contribution is -2.48. The molecule has 0 radical (unpaired) electrons. The number of hydrogen-bond donors (Lipinski definition) is 0. The van der Waals surface area contributed by atoms with Gasteiger partial charge in [-0.15, -0.1) is 0 Å². The fourth-order valence-corrected chi connectivity index (χ4v) is 5.08. The minimum atomic E-state index is 0.101. The summed E-state index contributed by atoms with van der Waals surface area (Å²) in [4.78, 5) is 23.9. The van der Waals surface area contributed by atoms with Gasteiger partial charge in [-0.05, 0) is 31.2 Å². The molecule has 1 amide bonds. The molecule has 7 heteroatoms. The van der Waals surface area contributed by atoms with E-state index in [1.54, 1.807) is 7.11 Å².